The van der Waals surface area contributed by atoms with Crippen LogP contribution in [0.15, 0.2) is 24.3 Å². The van der Waals surface area contributed by atoms with Crippen LogP contribution < -0.4 is 15.6 Å². The van der Waals surface area contributed by atoms with Gasteiger partial charge in [-0.25, -0.2) is 0 Å². The van der Waals surface area contributed by atoms with Crippen molar-refractivity contribution >= 4 is 35.0 Å². The molecule has 0 bridgehead atoms. The maximum atomic E-state index is 13.0. The van der Waals surface area contributed by atoms with Crippen molar-refractivity contribution in [1.29, 1.82) is 0 Å². The van der Waals surface area contributed by atoms with Gasteiger partial charge in [0.25, 0.3) is 0 Å². The number of thioether (sulfide) groups is 1. The molecule has 6 nitrogen and oxygen atoms in total. The third-order valence-corrected chi connectivity index (χ3v) is 6.24. The average Bonchev–Trinajstić information content (AvgIpc) is 3.18. The summed E-state index contributed by atoms with van der Waals surface area (Å²) in [5.74, 6) is 1.96. The number of rotatable bonds is 3. The van der Waals surface area contributed by atoms with E-state index in [1.54, 1.807) is 18.9 Å². The number of methoxy groups -OCH3 is 1. The van der Waals surface area contributed by atoms with Crippen molar-refractivity contribution in [2.75, 3.05) is 12.9 Å². The highest BCUT2D eigenvalue weighted by Gasteiger charge is 2.52. The number of nitrogens with zero attached hydrogens (tertiary/aromatic N) is 2. The number of thiocarbonyl (C=S) groups is 1. The third-order valence-electron chi connectivity index (χ3n) is 4.58. The highest BCUT2D eigenvalue weighted by atomic mass is 32.2. The Balaban J connectivity index is 1.67. The van der Waals surface area contributed by atoms with E-state index < -0.39 is 0 Å². The predicted octanol–water partition coefficient (Wildman–Crippen LogP) is 0.890. The molecule has 0 radical (unpaired) electrons. The van der Waals surface area contributed by atoms with Gasteiger partial charge in [-0.1, -0.05) is 18.2 Å². The number of hydrogen-bond acceptors (Lipinski definition) is 5. The standard InChI is InChI=1S/C15H18N4O2S2/c1-21-11-5-3-2-4-9(11)8-18-13(20)12-10(6-7-23-12)19-14(18)16-17-15(19)22/h2-5,10,12,14,16H,6-8H2,1H3,(H,17,22). The molecule has 3 fully saturated rings. The van der Waals surface area contributed by atoms with E-state index in [4.69, 9.17) is 17.0 Å². The number of carbonyl (C=O) groups is 1. The Labute approximate surface area is 144 Å². The zero-order chi connectivity index (χ0) is 16.0. The van der Waals surface area contributed by atoms with Gasteiger partial charge in [0, 0.05) is 5.56 Å². The van der Waals surface area contributed by atoms with Crippen LogP contribution in [-0.2, 0) is 11.3 Å². The highest BCUT2D eigenvalue weighted by molar-refractivity contribution is 8.00. The van der Waals surface area contributed by atoms with Gasteiger partial charge in [0.2, 0.25) is 5.91 Å². The lowest BCUT2D eigenvalue weighted by atomic mass is 10.0. The van der Waals surface area contributed by atoms with Gasteiger partial charge in [0.15, 0.2) is 11.4 Å². The molecule has 1 aromatic rings. The van der Waals surface area contributed by atoms with E-state index in [1.165, 1.54) is 0 Å². The van der Waals surface area contributed by atoms with Crippen LogP contribution in [0.1, 0.15) is 12.0 Å². The Kier molecular flexibility index (Phi) is 3.82. The number of carbonyl (C=O) groups excluding carboxylic acids is 1. The van der Waals surface area contributed by atoms with Crippen molar-refractivity contribution in [3.8, 4) is 5.75 Å². The van der Waals surface area contributed by atoms with Gasteiger partial charge in [0.05, 0.1) is 19.7 Å². The first-order valence-electron chi connectivity index (χ1n) is 7.58. The molecule has 1 amide bonds. The van der Waals surface area contributed by atoms with Crippen molar-refractivity contribution in [2.24, 2.45) is 0 Å². The monoisotopic (exact) mass is 350 g/mol. The smallest absolute Gasteiger partial charge is 0.240 e. The van der Waals surface area contributed by atoms with E-state index in [1.807, 2.05) is 29.2 Å². The molecular formula is C15H18N4O2S2. The van der Waals surface area contributed by atoms with Gasteiger partial charge in [-0.15, -0.1) is 11.8 Å². The fourth-order valence-corrected chi connectivity index (χ4v) is 5.19. The summed E-state index contributed by atoms with van der Waals surface area (Å²) in [5, 5.41) is 0.630. The number of nitrogens with one attached hydrogen (secondary N) is 2. The SMILES string of the molecule is COc1ccccc1CN1C(=O)C2SCCC2N2C(=S)NNC12. The second-order valence-electron chi connectivity index (χ2n) is 5.78. The molecule has 8 heteroatoms. The Morgan fingerprint density at radius 2 is 2.26 bits per heavy atom. The average molecular weight is 350 g/mol. The number of benzene rings is 1. The summed E-state index contributed by atoms with van der Waals surface area (Å²) in [5.41, 5.74) is 7.15. The topological polar surface area (TPSA) is 56.8 Å². The van der Waals surface area contributed by atoms with Crippen molar-refractivity contribution in [3.05, 3.63) is 29.8 Å². The molecule has 0 aromatic heterocycles. The van der Waals surface area contributed by atoms with Gasteiger partial charge in [-0.05, 0) is 30.5 Å². The fraction of sp³-hybridized carbons (Fsp3) is 0.467. The van der Waals surface area contributed by atoms with E-state index in [2.05, 4.69) is 15.8 Å². The molecule has 4 rings (SSSR count). The van der Waals surface area contributed by atoms with Crippen LogP contribution in [0.4, 0.5) is 0 Å². The van der Waals surface area contributed by atoms with E-state index in [0.717, 1.165) is 23.5 Å². The zero-order valence-corrected chi connectivity index (χ0v) is 14.3. The van der Waals surface area contributed by atoms with Crippen LogP contribution in [0.5, 0.6) is 5.75 Å². The number of para-hydroxylation sites is 1. The normalized spacial score (nSPS) is 29.3. The molecule has 2 N–H and O–H groups in total. The molecule has 3 heterocycles. The summed E-state index contributed by atoms with van der Waals surface area (Å²) in [6, 6.07) is 7.98. The van der Waals surface area contributed by atoms with Crippen LogP contribution in [-0.4, -0.2) is 51.3 Å². The summed E-state index contributed by atoms with van der Waals surface area (Å²) in [4.78, 5) is 17.0. The largest absolute Gasteiger partial charge is 0.496 e. The fourth-order valence-electron chi connectivity index (χ4n) is 3.50. The van der Waals surface area contributed by atoms with Crippen molar-refractivity contribution < 1.29 is 9.53 Å². The minimum atomic E-state index is -0.236. The van der Waals surface area contributed by atoms with Crippen LogP contribution in [0.2, 0.25) is 0 Å². The maximum Gasteiger partial charge on any atom is 0.240 e. The van der Waals surface area contributed by atoms with Crippen molar-refractivity contribution in [3.63, 3.8) is 0 Å². The van der Waals surface area contributed by atoms with E-state index in [9.17, 15) is 4.79 Å². The minimum absolute atomic E-state index is 0.0411. The molecule has 1 aromatic carbocycles. The first-order chi connectivity index (χ1) is 11.2. The van der Waals surface area contributed by atoms with Gasteiger partial charge < -0.3 is 14.5 Å². The van der Waals surface area contributed by atoms with E-state index in [-0.39, 0.29) is 23.5 Å². The molecule has 122 valence electrons. The van der Waals surface area contributed by atoms with Gasteiger partial charge in [-0.3, -0.25) is 10.2 Å². The third kappa shape index (κ3) is 2.36. The molecule has 3 unspecified atom stereocenters. The number of amides is 1. The van der Waals surface area contributed by atoms with Crippen LogP contribution >= 0.6 is 24.0 Å². The van der Waals surface area contributed by atoms with Crippen molar-refractivity contribution in [2.45, 2.75) is 30.5 Å². The predicted molar refractivity (Wildman–Crippen MR) is 92.7 cm³/mol. The molecule has 0 spiro atoms. The Morgan fingerprint density at radius 1 is 1.43 bits per heavy atom. The van der Waals surface area contributed by atoms with Crippen LogP contribution in [0.25, 0.3) is 0 Å². The quantitative estimate of drug-likeness (QED) is 0.785. The van der Waals surface area contributed by atoms with E-state index in [0.29, 0.717) is 11.7 Å². The lowest BCUT2D eigenvalue weighted by Crippen LogP contribution is -2.65. The first-order valence-corrected chi connectivity index (χ1v) is 9.04. The lowest BCUT2D eigenvalue weighted by molar-refractivity contribution is -0.144. The Morgan fingerprint density at radius 3 is 3.09 bits per heavy atom. The molecule has 3 aliphatic heterocycles. The summed E-state index contributed by atoms with van der Waals surface area (Å²) >= 11 is 7.16. The van der Waals surface area contributed by atoms with Crippen LogP contribution in [0, 0.1) is 0 Å². The Bertz CT molecular complexity index is 656. The Hall–Kier alpha value is -1.51. The molecule has 3 aliphatic rings. The first kappa shape index (κ1) is 15.0. The molecule has 3 atom stereocenters. The molecule has 0 aliphatic carbocycles. The van der Waals surface area contributed by atoms with Gasteiger partial charge >= 0.3 is 0 Å². The highest BCUT2D eigenvalue weighted by Crippen LogP contribution is 2.39. The molecule has 23 heavy (non-hydrogen) atoms. The maximum absolute atomic E-state index is 13.0. The van der Waals surface area contributed by atoms with Gasteiger partial charge in [-0.2, -0.15) is 5.43 Å². The van der Waals surface area contributed by atoms with Crippen molar-refractivity contribution in [1.82, 2.24) is 20.7 Å². The molecule has 0 saturated carbocycles. The van der Waals surface area contributed by atoms with Gasteiger partial charge in [0.1, 0.15) is 11.0 Å². The number of fused-ring (bicyclic) bond motifs is 3. The zero-order valence-electron chi connectivity index (χ0n) is 12.7. The molecular weight excluding hydrogens is 332 g/mol. The summed E-state index contributed by atoms with van der Waals surface area (Å²) in [7, 11) is 1.65. The lowest BCUT2D eigenvalue weighted by Gasteiger charge is -2.45. The molecule has 3 saturated heterocycles. The summed E-state index contributed by atoms with van der Waals surface area (Å²) < 4.78 is 5.42. The minimum Gasteiger partial charge on any atom is -0.496 e. The van der Waals surface area contributed by atoms with Crippen LogP contribution in [0.3, 0.4) is 0 Å². The number of hydrazine groups is 1. The number of hydrogen-bond donors (Lipinski definition) is 2. The second kappa shape index (κ2) is 5.85. The second-order valence-corrected chi connectivity index (χ2v) is 7.42. The summed E-state index contributed by atoms with van der Waals surface area (Å²) in [6.45, 7) is 0.491. The summed E-state index contributed by atoms with van der Waals surface area (Å²) in [6.07, 6.45) is 0.753. The van der Waals surface area contributed by atoms with E-state index >= 15 is 0 Å². The number of ether oxygens (including phenoxy) is 1.